The summed E-state index contributed by atoms with van der Waals surface area (Å²) in [6, 6.07) is 14.5. The Morgan fingerprint density at radius 2 is 1.76 bits per heavy atom. The number of pyridine rings is 1. The standard InChI is InChI=1S/C19H17NS/c1-4-14-11-18(15-5-7-16(21)8-6-15)20-19-13(3)9-12(2)10-17(14)19/h4-11,21H,1H2,2-3H3. The van der Waals surface area contributed by atoms with Crippen molar-refractivity contribution in [3.05, 3.63) is 65.7 Å². The van der Waals surface area contributed by atoms with Gasteiger partial charge in [-0.25, -0.2) is 4.98 Å². The number of rotatable bonds is 2. The Kier molecular flexibility index (Phi) is 3.56. The van der Waals surface area contributed by atoms with E-state index in [0.717, 1.165) is 32.6 Å². The van der Waals surface area contributed by atoms with Crippen molar-refractivity contribution < 1.29 is 0 Å². The van der Waals surface area contributed by atoms with Crippen molar-refractivity contribution in [1.29, 1.82) is 0 Å². The van der Waals surface area contributed by atoms with Gasteiger partial charge in [-0.05, 0) is 49.2 Å². The number of hydrogen-bond acceptors (Lipinski definition) is 2. The van der Waals surface area contributed by atoms with Gasteiger partial charge in [0.1, 0.15) is 0 Å². The van der Waals surface area contributed by atoms with Crippen molar-refractivity contribution in [1.82, 2.24) is 4.98 Å². The zero-order valence-corrected chi connectivity index (χ0v) is 13.1. The zero-order chi connectivity index (χ0) is 15.0. The molecular weight excluding hydrogens is 274 g/mol. The molecule has 0 bridgehead atoms. The van der Waals surface area contributed by atoms with E-state index in [-0.39, 0.29) is 0 Å². The fourth-order valence-electron chi connectivity index (χ4n) is 2.66. The molecule has 104 valence electrons. The highest BCUT2D eigenvalue weighted by atomic mass is 32.1. The van der Waals surface area contributed by atoms with Crippen molar-refractivity contribution in [2.24, 2.45) is 0 Å². The summed E-state index contributed by atoms with van der Waals surface area (Å²) in [4.78, 5) is 5.81. The van der Waals surface area contributed by atoms with Crippen molar-refractivity contribution in [2.45, 2.75) is 18.7 Å². The maximum Gasteiger partial charge on any atom is 0.0744 e. The van der Waals surface area contributed by atoms with E-state index in [9.17, 15) is 0 Å². The van der Waals surface area contributed by atoms with Crippen LogP contribution < -0.4 is 0 Å². The number of aryl methyl sites for hydroxylation is 2. The Balaban J connectivity index is 2.31. The Morgan fingerprint density at radius 1 is 1.05 bits per heavy atom. The fraction of sp³-hybridized carbons (Fsp3) is 0.105. The van der Waals surface area contributed by atoms with Gasteiger partial charge in [0.25, 0.3) is 0 Å². The third kappa shape index (κ3) is 2.59. The molecule has 1 aromatic heterocycles. The molecule has 2 aromatic carbocycles. The van der Waals surface area contributed by atoms with Crippen molar-refractivity contribution in [2.75, 3.05) is 0 Å². The summed E-state index contributed by atoms with van der Waals surface area (Å²) in [7, 11) is 0. The van der Waals surface area contributed by atoms with E-state index in [2.05, 4.69) is 51.3 Å². The predicted octanol–water partition coefficient (Wildman–Crippen LogP) is 5.45. The molecule has 0 unspecified atom stereocenters. The van der Waals surface area contributed by atoms with Gasteiger partial charge in [-0.1, -0.05) is 36.4 Å². The van der Waals surface area contributed by atoms with Gasteiger partial charge in [0.2, 0.25) is 0 Å². The van der Waals surface area contributed by atoms with Gasteiger partial charge in [-0.2, -0.15) is 0 Å². The van der Waals surface area contributed by atoms with E-state index in [1.165, 1.54) is 11.1 Å². The normalized spacial score (nSPS) is 10.8. The van der Waals surface area contributed by atoms with Crippen LogP contribution in [0, 0.1) is 13.8 Å². The molecule has 0 spiro atoms. The van der Waals surface area contributed by atoms with Crippen molar-refractivity contribution >= 4 is 29.6 Å². The van der Waals surface area contributed by atoms with Crippen molar-refractivity contribution in [3.8, 4) is 11.3 Å². The van der Waals surface area contributed by atoms with Crippen LogP contribution >= 0.6 is 12.6 Å². The number of hydrogen-bond donors (Lipinski definition) is 1. The molecule has 0 fully saturated rings. The summed E-state index contributed by atoms with van der Waals surface area (Å²) < 4.78 is 0. The van der Waals surface area contributed by atoms with E-state index < -0.39 is 0 Å². The first-order chi connectivity index (χ1) is 10.1. The highest BCUT2D eigenvalue weighted by molar-refractivity contribution is 7.80. The Bertz CT molecular complexity index is 832. The minimum Gasteiger partial charge on any atom is -0.247 e. The monoisotopic (exact) mass is 291 g/mol. The van der Waals surface area contributed by atoms with Crippen LogP contribution in [0.4, 0.5) is 0 Å². The van der Waals surface area contributed by atoms with Crippen molar-refractivity contribution in [3.63, 3.8) is 0 Å². The Morgan fingerprint density at radius 3 is 2.43 bits per heavy atom. The molecule has 2 heteroatoms. The maximum absolute atomic E-state index is 4.85. The topological polar surface area (TPSA) is 12.9 Å². The minimum atomic E-state index is 0.954. The summed E-state index contributed by atoms with van der Waals surface area (Å²) in [6.07, 6.45) is 1.90. The third-order valence-corrected chi connectivity index (χ3v) is 3.96. The van der Waals surface area contributed by atoms with Gasteiger partial charge in [0.05, 0.1) is 11.2 Å². The Hall–Kier alpha value is -2.06. The fourth-order valence-corrected chi connectivity index (χ4v) is 2.80. The molecule has 0 amide bonds. The molecule has 0 N–H and O–H groups in total. The second-order valence-electron chi connectivity index (χ2n) is 5.33. The van der Waals surface area contributed by atoms with Crippen LogP contribution in [0.15, 0.2) is 53.9 Å². The third-order valence-electron chi connectivity index (χ3n) is 3.66. The quantitative estimate of drug-likeness (QED) is 0.619. The van der Waals surface area contributed by atoms with Crippen LogP contribution in [0.1, 0.15) is 16.7 Å². The van der Waals surface area contributed by atoms with E-state index in [1.807, 2.05) is 30.3 Å². The average Bonchev–Trinajstić information content (AvgIpc) is 2.47. The van der Waals surface area contributed by atoms with Gasteiger partial charge >= 0.3 is 0 Å². The lowest BCUT2D eigenvalue weighted by atomic mass is 10.00. The first kappa shape index (κ1) is 13.9. The molecule has 0 aliphatic rings. The van der Waals surface area contributed by atoms with E-state index in [1.54, 1.807) is 0 Å². The number of aromatic nitrogens is 1. The maximum atomic E-state index is 4.85. The number of thiol groups is 1. The first-order valence-corrected chi connectivity index (χ1v) is 7.37. The highest BCUT2D eigenvalue weighted by Crippen LogP contribution is 2.28. The first-order valence-electron chi connectivity index (χ1n) is 6.92. The van der Waals surface area contributed by atoms with Crippen LogP contribution in [0.3, 0.4) is 0 Å². The van der Waals surface area contributed by atoms with Crippen LogP contribution in [0.25, 0.3) is 28.2 Å². The molecule has 3 aromatic rings. The van der Waals surface area contributed by atoms with Gasteiger partial charge < -0.3 is 0 Å². The summed E-state index contributed by atoms with van der Waals surface area (Å²) in [5, 5.41) is 1.16. The molecular formula is C19H17NS. The second-order valence-corrected chi connectivity index (χ2v) is 5.84. The van der Waals surface area contributed by atoms with Gasteiger partial charge in [-0.3, -0.25) is 0 Å². The summed E-state index contributed by atoms with van der Waals surface area (Å²) >= 11 is 4.33. The van der Waals surface area contributed by atoms with Gasteiger partial charge in [0, 0.05) is 15.8 Å². The highest BCUT2D eigenvalue weighted by Gasteiger charge is 2.08. The smallest absolute Gasteiger partial charge is 0.0744 e. The lowest BCUT2D eigenvalue weighted by Gasteiger charge is -2.10. The molecule has 1 nitrogen and oxygen atoms in total. The predicted molar refractivity (Wildman–Crippen MR) is 94.0 cm³/mol. The molecule has 3 rings (SSSR count). The molecule has 0 saturated carbocycles. The van der Waals surface area contributed by atoms with Crippen LogP contribution in [0.2, 0.25) is 0 Å². The van der Waals surface area contributed by atoms with E-state index in [4.69, 9.17) is 4.98 Å². The lowest BCUT2D eigenvalue weighted by molar-refractivity contribution is 1.33. The van der Waals surface area contributed by atoms with Gasteiger partial charge in [0.15, 0.2) is 0 Å². The molecule has 0 saturated heterocycles. The zero-order valence-electron chi connectivity index (χ0n) is 12.2. The summed E-state index contributed by atoms with van der Waals surface area (Å²) in [6.45, 7) is 8.17. The van der Waals surface area contributed by atoms with Gasteiger partial charge in [-0.15, -0.1) is 12.6 Å². The molecule has 0 radical (unpaired) electrons. The van der Waals surface area contributed by atoms with E-state index in [0.29, 0.717) is 0 Å². The number of nitrogens with zero attached hydrogens (tertiary/aromatic N) is 1. The second kappa shape index (κ2) is 5.38. The van der Waals surface area contributed by atoms with Crippen LogP contribution in [-0.4, -0.2) is 4.98 Å². The van der Waals surface area contributed by atoms with Crippen LogP contribution in [-0.2, 0) is 0 Å². The van der Waals surface area contributed by atoms with Crippen LogP contribution in [0.5, 0.6) is 0 Å². The largest absolute Gasteiger partial charge is 0.247 e. The lowest BCUT2D eigenvalue weighted by Crippen LogP contribution is -1.92. The Labute approximate surface area is 130 Å². The molecule has 21 heavy (non-hydrogen) atoms. The minimum absolute atomic E-state index is 0.954. The average molecular weight is 291 g/mol. The van der Waals surface area contributed by atoms with E-state index >= 15 is 0 Å². The molecule has 0 aliphatic heterocycles. The summed E-state index contributed by atoms with van der Waals surface area (Å²) in [5.74, 6) is 0. The SMILES string of the molecule is C=Cc1cc(-c2ccc(S)cc2)nc2c(C)cc(C)cc12. The number of fused-ring (bicyclic) bond motifs is 1. The molecule has 0 aliphatic carbocycles. The number of benzene rings is 2. The molecule has 0 atom stereocenters. The molecule has 1 heterocycles. The summed E-state index contributed by atoms with van der Waals surface area (Å²) in [5.41, 5.74) is 6.67.